The van der Waals surface area contributed by atoms with Gasteiger partial charge in [-0.25, -0.2) is 0 Å². The number of rotatable bonds is 6. The van der Waals surface area contributed by atoms with Crippen molar-refractivity contribution in [3.05, 3.63) is 33.8 Å². The Kier molecular flexibility index (Phi) is 9.01. The molecule has 0 aromatic heterocycles. The lowest BCUT2D eigenvalue weighted by Crippen LogP contribution is -2.32. The van der Waals surface area contributed by atoms with Gasteiger partial charge in [0, 0.05) is 24.7 Å². The predicted molar refractivity (Wildman–Crippen MR) is 82.4 cm³/mol. The maximum Gasteiger partial charge on any atom is 0.222 e. The normalized spacial score (nSPS) is 11.6. The van der Waals surface area contributed by atoms with Crippen molar-refractivity contribution in [3.63, 3.8) is 0 Å². The van der Waals surface area contributed by atoms with Gasteiger partial charge in [0.1, 0.15) is 0 Å². The molecule has 0 aliphatic rings. The first-order valence-electron chi connectivity index (χ1n) is 5.81. The Labute approximate surface area is 128 Å². The lowest BCUT2D eigenvalue weighted by Gasteiger charge is -2.13. The van der Waals surface area contributed by atoms with Gasteiger partial charge in [0.05, 0.1) is 12.5 Å². The molecule has 1 unspecified atom stereocenters. The van der Waals surface area contributed by atoms with Crippen molar-refractivity contribution in [2.24, 2.45) is 5.73 Å². The van der Waals surface area contributed by atoms with Gasteiger partial charge in [0.25, 0.3) is 0 Å². The summed E-state index contributed by atoms with van der Waals surface area (Å²) >= 11 is 3.41. The largest absolute Gasteiger partial charge is 0.380 e. The van der Waals surface area contributed by atoms with E-state index in [0.717, 1.165) is 15.6 Å². The van der Waals surface area contributed by atoms with Crippen LogP contribution in [0.2, 0.25) is 0 Å². The summed E-state index contributed by atoms with van der Waals surface area (Å²) in [4.78, 5) is 11.7. The maximum absolute atomic E-state index is 11.7. The van der Waals surface area contributed by atoms with Crippen LogP contribution in [0.3, 0.4) is 0 Å². The zero-order chi connectivity index (χ0) is 13.5. The van der Waals surface area contributed by atoms with E-state index in [9.17, 15) is 4.79 Å². The number of nitrogens with one attached hydrogen (secondary N) is 1. The lowest BCUT2D eigenvalue weighted by atomic mass is 10.1. The molecule has 1 atom stereocenters. The van der Waals surface area contributed by atoms with Crippen LogP contribution in [-0.2, 0) is 16.1 Å². The van der Waals surface area contributed by atoms with Crippen molar-refractivity contribution in [2.45, 2.75) is 26.0 Å². The number of aryl methyl sites for hydroxylation is 1. The summed E-state index contributed by atoms with van der Waals surface area (Å²) in [6, 6.07) is 5.99. The molecule has 19 heavy (non-hydrogen) atoms. The number of hydrogen-bond donors (Lipinski definition) is 2. The summed E-state index contributed by atoms with van der Waals surface area (Å²) in [5.41, 5.74) is 7.72. The Balaban J connectivity index is 0.00000324. The van der Waals surface area contributed by atoms with Crippen LogP contribution < -0.4 is 11.1 Å². The molecule has 0 radical (unpaired) electrons. The highest BCUT2D eigenvalue weighted by molar-refractivity contribution is 9.10. The second kappa shape index (κ2) is 9.31. The number of methoxy groups -OCH3 is 1. The fourth-order valence-electron chi connectivity index (χ4n) is 1.59. The molecule has 4 nitrogen and oxygen atoms in total. The first-order valence-corrected chi connectivity index (χ1v) is 6.60. The standard InChI is InChI=1S/C13H19BrN2O2.ClH/c1-9-5-11(14)4-3-10(9)8-16-13(17)6-12(7-15)18-2;/h3-5,12H,6-8,15H2,1-2H3,(H,16,17);1H. The summed E-state index contributed by atoms with van der Waals surface area (Å²) < 4.78 is 6.11. The monoisotopic (exact) mass is 350 g/mol. The van der Waals surface area contributed by atoms with Gasteiger partial charge in [-0.05, 0) is 30.2 Å². The first kappa shape index (κ1) is 18.4. The SMILES string of the molecule is COC(CN)CC(=O)NCc1ccc(Br)cc1C.Cl. The van der Waals surface area contributed by atoms with Gasteiger partial charge in [0.2, 0.25) is 5.91 Å². The minimum Gasteiger partial charge on any atom is -0.380 e. The smallest absolute Gasteiger partial charge is 0.222 e. The Hall–Kier alpha value is -0.620. The van der Waals surface area contributed by atoms with E-state index in [0.29, 0.717) is 19.5 Å². The number of carbonyl (C=O) groups is 1. The van der Waals surface area contributed by atoms with Crippen molar-refractivity contribution in [2.75, 3.05) is 13.7 Å². The number of halogens is 2. The highest BCUT2D eigenvalue weighted by Crippen LogP contribution is 2.15. The molecule has 3 N–H and O–H groups in total. The van der Waals surface area contributed by atoms with Gasteiger partial charge in [-0.3, -0.25) is 4.79 Å². The van der Waals surface area contributed by atoms with E-state index < -0.39 is 0 Å². The Bertz CT molecular complexity index is 412. The van der Waals surface area contributed by atoms with Crippen molar-refractivity contribution in [1.82, 2.24) is 5.32 Å². The summed E-state index contributed by atoms with van der Waals surface area (Å²) in [6.07, 6.45) is 0.0822. The van der Waals surface area contributed by atoms with Crippen LogP contribution in [0.4, 0.5) is 0 Å². The third-order valence-electron chi connectivity index (χ3n) is 2.79. The maximum atomic E-state index is 11.7. The molecule has 1 amide bonds. The minimum absolute atomic E-state index is 0. The molecule has 108 valence electrons. The summed E-state index contributed by atoms with van der Waals surface area (Å²) in [5.74, 6) is -0.0466. The van der Waals surface area contributed by atoms with Crippen LogP contribution in [0.1, 0.15) is 17.5 Å². The summed E-state index contributed by atoms with van der Waals surface area (Å²) in [6.45, 7) is 2.89. The molecule has 1 rings (SSSR count). The van der Waals surface area contributed by atoms with E-state index >= 15 is 0 Å². The van der Waals surface area contributed by atoms with E-state index in [-0.39, 0.29) is 24.4 Å². The molecule has 6 heteroatoms. The number of nitrogens with two attached hydrogens (primary N) is 1. The average molecular weight is 352 g/mol. The van der Waals surface area contributed by atoms with Gasteiger partial charge in [0.15, 0.2) is 0 Å². The zero-order valence-electron chi connectivity index (χ0n) is 11.1. The molecule has 0 spiro atoms. The van der Waals surface area contributed by atoms with Crippen LogP contribution in [-0.4, -0.2) is 25.7 Å². The van der Waals surface area contributed by atoms with Crippen molar-refractivity contribution >= 4 is 34.2 Å². The molecule has 0 fully saturated rings. The van der Waals surface area contributed by atoms with Crippen LogP contribution in [0.5, 0.6) is 0 Å². The zero-order valence-corrected chi connectivity index (χ0v) is 13.5. The molecule has 0 aliphatic carbocycles. The van der Waals surface area contributed by atoms with Gasteiger partial charge >= 0.3 is 0 Å². The first-order chi connectivity index (χ1) is 8.56. The second-order valence-corrected chi connectivity index (χ2v) is 5.06. The van der Waals surface area contributed by atoms with E-state index in [2.05, 4.69) is 21.2 Å². The van der Waals surface area contributed by atoms with Crippen molar-refractivity contribution < 1.29 is 9.53 Å². The third kappa shape index (κ3) is 6.38. The summed E-state index contributed by atoms with van der Waals surface area (Å²) in [7, 11) is 1.56. The Morgan fingerprint density at radius 1 is 1.53 bits per heavy atom. The Morgan fingerprint density at radius 3 is 2.74 bits per heavy atom. The fraction of sp³-hybridized carbons (Fsp3) is 0.462. The molecule has 0 saturated heterocycles. The number of hydrogen-bond acceptors (Lipinski definition) is 3. The fourth-order valence-corrected chi connectivity index (χ4v) is 2.07. The van der Waals surface area contributed by atoms with Crippen molar-refractivity contribution in [1.29, 1.82) is 0 Å². The average Bonchev–Trinajstić information content (AvgIpc) is 2.35. The van der Waals surface area contributed by atoms with Crippen LogP contribution in [0, 0.1) is 6.92 Å². The number of benzene rings is 1. The molecule has 0 heterocycles. The van der Waals surface area contributed by atoms with Crippen LogP contribution >= 0.6 is 28.3 Å². The number of carbonyl (C=O) groups excluding carboxylic acids is 1. The van der Waals surface area contributed by atoms with Gasteiger partial charge < -0.3 is 15.8 Å². The van der Waals surface area contributed by atoms with E-state index in [1.54, 1.807) is 7.11 Å². The molecule has 1 aromatic rings. The molecular weight excluding hydrogens is 332 g/mol. The second-order valence-electron chi connectivity index (χ2n) is 4.15. The van der Waals surface area contributed by atoms with Crippen LogP contribution in [0.25, 0.3) is 0 Å². The van der Waals surface area contributed by atoms with Crippen LogP contribution in [0.15, 0.2) is 22.7 Å². The molecule has 1 aromatic carbocycles. The highest BCUT2D eigenvalue weighted by Gasteiger charge is 2.11. The summed E-state index contributed by atoms with van der Waals surface area (Å²) in [5, 5.41) is 2.87. The van der Waals surface area contributed by atoms with Crippen molar-refractivity contribution in [3.8, 4) is 0 Å². The molecule has 0 saturated carbocycles. The third-order valence-corrected chi connectivity index (χ3v) is 3.28. The quantitative estimate of drug-likeness (QED) is 0.825. The van der Waals surface area contributed by atoms with Gasteiger partial charge in [-0.1, -0.05) is 22.0 Å². The number of amides is 1. The highest BCUT2D eigenvalue weighted by atomic mass is 79.9. The van der Waals surface area contributed by atoms with Gasteiger partial charge in [-0.2, -0.15) is 0 Å². The Morgan fingerprint density at radius 2 is 2.21 bits per heavy atom. The van der Waals surface area contributed by atoms with Gasteiger partial charge in [-0.15, -0.1) is 12.4 Å². The predicted octanol–water partition coefficient (Wildman–Crippen LogP) is 2.16. The minimum atomic E-state index is -0.212. The van der Waals surface area contributed by atoms with E-state index in [1.165, 1.54) is 0 Å². The molecule has 0 bridgehead atoms. The lowest BCUT2D eigenvalue weighted by molar-refractivity contribution is -0.123. The number of ether oxygens (including phenoxy) is 1. The molecular formula is C13H20BrClN2O2. The van der Waals surface area contributed by atoms with E-state index in [4.69, 9.17) is 10.5 Å². The topological polar surface area (TPSA) is 64.3 Å². The van der Waals surface area contributed by atoms with E-state index in [1.807, 2.05) is 25.1 Å². The molecule has 0 aliphatic heterocycles.